The van der Waals surface area contributed by atoms with Crippen LogP contribution in [0.2, 0.25) is 0 Å². The van der Waals surface area contributed by atoms with Gasteiger partial charge in [-0.05, 0) is 62.5 Å². The number of carbonyl (C=O) groups excluding carboxylic acids is 2. The minimum atomic E-state index is -0.689. The summed E-state index contributed by atoms with van der Waals surface area (Å²) in [6, 6.07) is 8.47. The first-order chi connectivity index (χ1) is 15.4. The monoisotopic (exact) mass is 448 g/mol. The first-order valence-corrected chi connectivity index (χ1v) is 12.4. The van der Waals surface area contributed by atoms with Crippen molar-refractivity contribution in [3.05, 3.63) is 35.4 Å². The fraction of sp³-hybridized carbons (Fsp3) is 0.704. The van der Waals surface area contributed by atoms with Gasteiger partial charge in [-0.2, -0.15) is 0 Å². The van der Waals surface area contributed by atoms with Crippen molar-refractivity contribution in [3.63, 3.8) is 0 Å². The summed E-state index contributed by atoms with van der Waals surface area (Å²) in [6.45, 7) is 11.2. The lowest BCUT2D eigenvalue weighted by atomic mass is 10.0. The predicted octanol–water partition coefficient (Wildman–Crippen LogP) is 6.58. The van der Waals surface area contributed by atoms with Gasteiger partial charge in [0, 0.05) is 6.42 Å². The van der Waals surface area contributed by atoms with E-state index in [1.165, 1.54) is 24.8 Å². The van der Waals surface area contributed by atoms with Crippen LogP contribution < -0.4 is 0 Å². The number of esters is 2. The van der Waals surface area contributed by atoms with E-state index in [4.69, 9.17) is 14.2 Å². The lowest BCUT2D eigenvalue weighted by molar-refractivity contribution is -0.162. The van der Waals surface area contributed by atoms with Crippen molar-refractivity contribution in [2.45, 2.75) is 105 Å². The molecule has 0 aliphatic rings. The lowest BCUT2D eigenvalue weighted by Crippen LogP contribution is -2.28. The number of ether oxygens (including phenoxy) is 3. The number of aryl methyl sites for hydroxylation is 1. The zero-order valence-corrected chi connectivity index (χ0v) is 20.9. The molecule has 0 radical (unpaired) electrons. The van der Waals surface area contributed by atoms with E-state index >= 15 is 0 Å². The van der Waals surface area contributed by atoms with Gasteiger partial charge in [0.05, 0.1) is 19.3 Å². The second kappa shape index (κ2) is 16.7. The fourth-order valence-electron chi connectivity index (χ4n) is 3.42. The molecule has 1 aromatic carbocycles. The van der Waals surface area contributed by atoms with Crippen LogP contribution in [0.3, 0.4) is 0 Å². The highest BCUT2D eigenvalue weighted by Crippen LogP contribution is 2.23. The average molecular weight is 449 g/mol. The third-order valence-electron chi connectivity index (χ3n) is 5.34. The van der Waals surface area contributed by atoms with Crippen LogP contribution in [0, 0.1) is 5.92 Å². The number of unbranched alkanes of at least 4 members (excludes halogenated alkanes) is 1. The Morgan fingerprint density at radius 1 is 0.844 bits per heavy atom. The first-order valence-electron chi connectivity index (χ1n) is 12.4. The van der Waals surface area contributed by atoms with Crippen LogP contribution in [0.1, 0.15) is 103 Å². The maximum atomic E-state index is 12.5. The molecule has 0 aliphatic carbocycles. The summed E-state index contributed by atoms with van der Waals surface area (Å²) in [7, 11) is 0. The van der Waals surface area contributed by atoms with Gasteiger partial charge < -0.3 is 14.2 Å². The van der Waals surface area contributed by atoms with E-state index < -0.39 is 6.10 Å². The van der Waals surface area contributed by atoms with Crippen molar-refractivity contribution in [2.24, 2.45) is 5.92 Å². The third-order valence-corrected chi connectivity index (χ3v) is 5.34. The lowest BCUT2D eigenvalue weighted by Gasteiger charge is -2.22. The molecule has 0 saturated carbocycles. The van der Waals surface area contributed by atoms with Crippen molar-refractivity contribution in [3.8, 4) is 0 Å². The Morgan fingerprint density at radius 2 is 1.50 bits per heavy atom. The van der Waals surface area contributed by atoms with Crippen LogP contribution in [0.15, 0.2) is 24.3 Å². The highest BCUT2D eigenvalue weighted by atomic mass is 16.6. The molecule has 0 heterocycles. The number of hydrogen-bond donors (Lipinski definition) is 0. The van der Waals surface area contributed by atoms with Gasteiger partial charge in [-0.15, -0.1) is 0 Å². The van der Waals surface area contributed by atoms with E-state index in [0.717, 1.165) is 30.7 Å². The van der Waals surface area contributed by atoms with Crippen molar-refractivity contribution >= 4 is 11.9 Å². The SMILES string of the molecule is CCCOC(=O)CCCC(OC(C)c1ccc(CCCCC(C)C)cc1)C(=O)OCCC. The fourth-order valence-corrected chi connectivity index (χ4v) is 3.42. The first kappa shape index (κ1) is 28.2. The van der Waals surface area contributed by atoms with Crippen LogP contribution in [0.5, 0.6) is 0 Å². The van der Waals surface area contributed by atoms with Gasteiger partial charge in [0.1, 0.15) is 0 Å². The maximum absolute atomic E-state index is 12.5. The molecule has 0 saturated heterocycles. The van der Waals surface area contributed by atoms with E-state index in [-0.39, 0.29) is 24.5 Å². The number of hydrogen-bond acceptors (Lipinski definition) is 5. The Kier molecular flexibility index (Phi) is 14.7. The van der Waals surface area contributed by atoms with Crippen LogP contribution in [0.25, 0.3) is 0 Å². The second-order valence-electron chi connectivity index (χ2n) is 8.93. The molecule has 0 N–H and O–H groups in total. The molecule has 2 atom stereocenters. The molecule has 1 rings (SSSR count). The summed E-state index contributed by atoms with van der Waals surface area (Å²) in [5.41, 5.74) is 2.36. The Hall–Kier alpha value is -1.88. The summed E-state index contributed by atoms with van der Waals surface area (Å²) >= 11 is 0. The summed E-state index contributed by atoms with van der Waals surface area (Å²) in [6.07, 6.45) is 6.69. The van der Waals surface area contributed by atoms with Gasteiger partial charge in [0.15, 0.2) is 6.10 Å². The molecule has 0 spiro atoms. The Morgan fingerprint density at radius 3 is 2.12 bits per heavy atom. The molecule has 0 fully saturated rings. The third kappa shape index (κ3) is 12.2. The summed E-state index contributed by atoms with van der Waals surface area (Å²) in [4.78, 5) is 24.3. The van der Waals surface area contributed by atoms with Gasteiger partial charge in [-0.25, -0.2) is 4.79 Å². The van der Waals surface area contributed by atoms with E-state index in [9.17, 15) is 9.59 Å². The summed E-state index contributed by atoms with van der Waals surface area (Å²) in [5, 5.41) is 0. The van der Waals surface area contributed by atoms with Gasteiger partial charge in [-0.3, -0.25) is 4.79 Å². The Labute approximate surface area is 195 Å². The second-order valence-corrected chi connectivity index (χ2v) is 8.93. The average Bonchev–Trinajstić information content (AvgIpc) is 2.78. The van der Waals surface area contributed by atoms with Crippen molar-refractivity contribution in [2.75, 3.05) is 13.2 Å². The van der Waals surface area contributed by atoms with E-state index in [1.807, 2.05) is 20.8 Å². The molecule has 5 heteroatoms. The maximum Gasteiger partial charge on any atom is 0.335 e. The van der Waals surface area contributed by atoms with E-state index in [0.29, 0.717) is 26.1 Å². The largest absolute Gasteiger partial charge is 0.466 e. The molecule has 0 aromatic heterocycles. The number of rotatable bonds is 17. The minimum Gasteiger partial charge on any atom is -0.466 e. The van der Waals surface area contributed by atoms with Gasteiger partial charge in [-0.1, -0.05) is 64.8 Å². The highest BCUT2D eigenvalue weighted by molar-refractivity contribution is 5.75. The summed E-state index contributed by atoms with van der Waals surface area (Å²) in [5.74, 6) is 0.168. The molecule has 182 valence electrons. The topological polar surface area (TPSA) is 61.8 Å². The van der Waals surface area contributed by atoms with Crippen LogP contribution in [-0.4, -0.2) is 31.3 Å². The van der Waals surface area contributed by atoms with E-state index in [2.05, 4.69) is 38.1 Å². The predicted molar refractivity (Wildman–Crippen MR) is 128 cm³/mol. The summed E-state index contributed by atoms with van der Waals surface area (Å²) < 4.78 is 16.5. The smallest absolute Gasteiger partial charge is 0.335 e. The number of carbonyl (C=O) groups is 2. The quantitative estimate of drug-likeness (QED) is 0.199. The molecule has 0 aliphatic heterocycles. The zero-order chi connectivity index (χ0) is 23.8. The molecule has 5 nitrogen and oxygen atoms in total. The van der Waals surface area contributed by atoms with Crippen molar-refractivity contribution in [1.82, 2.24) is 0 Å². The van der Waals surface area contributed by atoms with Crippen molar-refractivity contribution in [1.29, 1.82) is 0 Å². The highest BCUT2D eigenvalue weighted by Gasteiger charge is 2.24. The van der Waals surface area contributed by atoms with Crippen LogP contribution in [-0.2, 0) is 30.2 Å². The molecule has 2 unspecified atom stereocenters. The van der Waals surface area contributed by atoms with Crippen LogP contribution in [0.4, 0.5) is 0 Å². The Bertz CT molecular complexity index is 638. The molecule has 1 aromatic rings. The normalized spacial score (nSPS) is 13.1. The van der Waals surface area contributed by atoms with Crippen LogP contribution >= 0.6 is 0 Å². The minimum absolute atomic E-state index is 0.232. The van der Waals surface area contributed by atoms with Gasteiger partial charge in [0.2, 0.25) is 0 Å². The molecule has 0 amide bonds. The standard InChI is InChI=1S/C27H44O5/c1-6-19-30-26(28)14-10-13-25(27(29)31-20-7-2)32-22(5)24-17-15-23(16-18-24)12-9-8-11-21(3)4/h15-18,21-22,25H,6-14,19-20H2,1-5H3. The van der Waals surface area contributed by atoms with Gasteiger partial charge >= 0.3 is 11.9 Å². The molecular weight excluding hydrogens is 404 g/mol. The van der Waals surface area contributed by atoms with Crippen molar-refractivity contribution < 1.29 is 23.8 Å². The molecular formula is C27H44O5. The number of benzene rings is 1. The van der Waals surface area contributed by atoms with Gasteiger partial charge in [0.25, 0.3) is 0 Å². The van der Waals surface area contributed by atoms with E-state index in [1.54, 1.807) is 0 Å². The zero-order valence-electron chi connectivity index (χ0n) is 20.9. The molecule has 32 heavy (non-hydrogen) atoms. The Balaban J connectivity index is 2.60. The molecule has 0 bridgehead atoms.